The Bertz CT molecular complexity index is 545. The number of hydrogen-bond donors (Lipinski definition) is 1. The molecular weight excluding hydrogens is 262 g/mol. The van der Waals surface area contributed by atoms with Crippen LogP contribution in [0.1, 0.15) is 56.1 Å². The largest absolute Gasteiger partial charge is 0.424 e. The molecule has 1 aromatic carbocycles. The first-order chi connectivity index (χ1) is 10.1. The second-order valence-corrected chi connectivity index (χ2v) is 5.81. The minimum absolute atomic E-state index is 0.285. The monoisotopic (exact) mass is 287 g/mol. The molecule has 4 nitrogen and oxygen atoms in total. The van der Waals surface area contributed by atoms with Gasteiger partial charge >= 0.3 is 0 Å². The summed E-state index contributed by atoms with van der Waals surface area (Å²) in [6.07, 6.45) is 2.32. The molecule has 0 radical (unpaired) electrons. The zero-order chi connectivity index (χ0) is 15.2. The van der Waals surface area contributed by atoms with Crippen LogP contribution in [0.15, 0.2) is 28.7 Å². The number of aryl methyl sites for hydroxylation is 2. The zero-order valence-electron chi connectivity index (χ0n) is 13.4. The molecule has 0 bridgehead atoms. The van der Waals surface area contributed by atoms with Gasteiger partial charge in [0.15, 0.2) is 0 Å². The topological polar surface area (TPSA) is 51.0 Å². The molecule has 114 valence electrons. The number of rotatable bonds is 7. The fourth-order valence-corrected chi connectivity index (χ4v) is 2.52. The Morgan fingerprint density at radius 1 is 1.14 bits per heavy atom. The second-order valence-electron chi connectivity index (χ2n) is 5.81. The van der Waals surface area contributed by atoms with Crippen molar-refractivity contribution in [2.75, 3.05) is 0 Å². The molecule has 0 aliphatic carbocycles. The summed E-state index contributed by atoms with van der Waals surface area (Å²) in [6, 6.07) is 9.19. The van der Waals surface area contributed by atoms with Crippen LogP contribution in [-0.2, 0) is 13.0 Å². The molecule has 1 aromatic heterocycles. The van der Waals surface area contributed by atoms with Gasteiger partial charge in [-0.3, -0.25) is 0 Å². The number of aromatic nitrogens is 2. The van der Waals surface area contributed by atoms with Crippen molar-refractivity contribution < 1.29 is 4.42 Å². The summed E-state index contributed by atoms with van der Waals surface area (Å²) in [5, 5.41) is 11.4. The van der Waals surface area contributed by atoms with E-state index in [-0.39, 0.29) is 6.04 Å². The molecule has 0 amide bonds. The molecule has 0 fully saturated rings. The van der Waals surface area contributed by atoms with Crippen LogP contribution in [-0.4, -0.2) is 10.2 Å². The average Bonchev–Trinajstić information content (AvgIpc) is 2.86. The van der Waals surface area contributed by atoms with Crippen molar-refractivity contribution in [1.82, 2.24) is 15.5 Å². The molecular formula is C17H25N3O. The Hall–Kier alpha value is -1.68. The van der Waals surface area contributed by atoms with Gasteiger partial charge in [0, 0.05) is 13.0 Å². The molecule has 21 heavy (non-hydrogen) atoms. The number of hydrogen-bond acceptors (Lipinski definition) is 4. The van der Waals surface area contributed by atoms with Crippen molar-refractivity contribution in [2.24, 2.45) is 5.92 Å². The first-order valence-corrected chi connectivity index (χ1v) is 7.71. The SMILES string of the molecule is CCCc1ccc([C@H](NCc2nnc(C)o2)C(C)C)cc1. The lowest BCUT2D eigenvalue weighted by Crippen LogP contribution is -2.25. The number of benzene rings is 1. The lowest BCUT2D eigenvalue weighted by molar-refractivity contribution is 0.373. The smallest absolute Gasteiger partial charge is 0.230 e. The van der Waals surface area contributed by atoms with Gasteiger partial charge in [-0.1, -0.05) is 51.5 Å². The van der Waals surface area contributed by atoms with Crippen LogP contribution >= 0.6 is 0 Å². The van der Waals surface area contributed by atoms with Gasteiger partial charge in [-0.25, -0.2) is 0 Å². The molecule has 1 atom stereocenters. The Labute approximate surface area is 127 Å². The highest BCUT2D eigenvalue weighted by atomic mass is 16.4. The van der Waals surface area contributed by atoms with Crippen LogP contribution in [0.5, 0.6) is 0 Å². The zero-order valence-corrected chi connectivity index (χ0v) is 13.4. The predicted molar refractivity (Wildman–Crippen MR) is 83.9 cm³/mol. The summed E-state index contributed by atoms with van der Waals surface area (Å²) >= 11 is 0. The van der Waals surface area contributed by atoms with Crippen LogP contribution in [0.25, 0.3) is 0 Å². The Morgan fingerprint density at radius 3 is 2.38 bits per heavy atom. The molecule has 4 heteroatoms. The van der Waals surface area contributed by atoms with Crippen molar-refractivity contribution in [1.29, 1.82) is 0 Å². The van der Waals surface area contributed by atoms with E-state index >= 15 is 0 Å². The summed E-state index contributed by atoms with van der Waals surface area (Å²) in [7, 11) is 0. The molecule has 2 rings (SSSR count). The lowest BCUT2D eigenvalue weighted by Gasteiger charge is -2.22. The molecule has 0 saturated carbocycles. The van der Waals surface area contributed by atoms with Gasteiger partial charge in [-0.05, 0) is 23.5 Å². The minimum atomic E-state index is 0.285. The maximum atomic E-state index is 5.42. The summed E-state index contributed by atoms with van der Waals surface area (Å²) in [6.45, 7) is 9.05. The maximum Gasteiger partial charge on any atom is 0.230 e. The molecule has 2 aromatic rings. The Balaban J connectivity index is 2.04. The Morgan fingerprint density at radius 2 is 1.86 bits per heavy atom. The maximum absolute atomic E-state index is 5.42. The van der Waals surface area contributed by atoms with Crippen molar-refractivity contribution in [3.63, 3.8) is 0 Å². The fourth-order valence-electron chi connectivity index (χ4n) is 2.52. The summed E-state index contributed by atoms with van der Waals surface area (Å²) in [5.74, 6) is 1.74. The van der Waals surface area contributed by atoms with E-state index in [0.717, 1.165) is 6.42 Å². The van der Waals surface area contributed by atoms with Gasteiger partial charge in [0.05, 0.1) is 6.54 Å². The van der Waals surface area contributed by atoms with E-state index in [2.05, 4.69) is 60.6 Å². The lowest BCUT2D eigenvalue weighted by atomic mass is 9.94. The Kier molecular flexibility index (Phi) is 5.51. The fraction of sp³-hybridized carbons (Fsp3) is 0.529. The van der Waals surface area contributed by atoms with Crippen molar-refractivity contribution >= 4 is 0 Å². The van der Waals surface area contributed by atoms with Crippen molar-refractivity contribution in [2.45, 2.75) is 53.1 Å². The van der Waals surface area contributed by atoms with E-state index in [1.54, 1.807) is 0 Å². The second kappa shape index (κ2) is 7.36. The van der Waals surface area contributed by atoms with E-state index in [1.807, 2.05) is 6.92 Å². The van der Waals surface area contributed by atoms with Crippen LogP contribution in [0.3, 0.4) is 0 Å². The molecule has 0 saturated heterocycles. The standard InChI is InChI=1S/C17H25N3O/c1-5-6-14-7-9-15(10-8-14)17(12(2)3)18-11-16-20-19-13(4)21-16/h7-10,12,17-18H,5-6,11H2,1-4H3/t17-/m1/s1. The molecule has 0 aliphatic heterocycles. The van der Waals surface area contributed by atoms with E-state index in [9.17, 15) is 0 Å². The predicted octanol–water partition coefficient (Wildman–Crippen LogP) is 3.82. The third-order valence-corrected chi connectivity index (χ3v) is 3.59. The van der Waals surface area contributed by atoms with E-state index in [4.69, 9.17) is 4.42 Å². The van der Waals surface area contributed by atoms with Gasteiger partial charge in [0.1, 0.15) is 0 Å². The average molecular weight is 287 g/mol. The quantitative estimate of drug-likeness (QED) is 0.841. The van der Waals surface area contributed by atoms with Gasteiger partial charge < -0.3 is 9.73 Å². The van der Waals surface area contributed by atoms with Crippen molar-refractivity contribution in [3.05, 3.63) is 47.2 Å². The van der Waals surface area contributed by atoms with Gasteiger partial charge in [-0.2, -0.15) is 0 Å². The van der Waals surface area contributed by atoms with Crippen LogP contribution in [0.2, 0.25) is 0 Å². The molecule has 1 heterocycles. The third-order valence-electron chi connectivity index (χ3n) is 3.59. The molecule has 0 unspecified atom stereocenters. The highest BCUT2D eigenvalue weighted by molar-refractivity contribution is 5.25. The van der Waals surface area contributed by atoms with Crippen LogP contribution in [0.4, 0.5) is 0 Å². The van der Waals surface area contributed by atoms with Gasteiger partial charge in [-0.15, -0.1) is 10.2 Å². The van der Waals surface area contributed by atoms with E-state index < -0.39 is 0 Å². The first-order valence-electron chi connectivity index (χ1n) is 7.71. The third kappa shape index (κ3) is 4.39. The van der Waals surface area contributed by atoms with E-state index in [1.165, 1.54) is 17.5 Å². The highest BCUT2D eigenvalue weighted by Crippen LogP contribution is 2.23. The molecule has 0 aliphatic rings. The number of nitrogens with zero attached hydrogens (tertiary/aromatic N) is 2. The normalized spacial score (nSPS) is 12.8. The summed E-state index contributed by atoms with van der Waals surface area (Å²) in [4.78, 5) is 0. The van der Waals surface area contributed by atoms with Gasteiger partial charge in [0.25, 0.3) is 0 Å². The van der Waals surface area contributed by atoms with Crippen LogP contribution < -0.4 is 5.32 Å². The van der Waals surface area contributed by atoms with Crippen LogP contribution in [0, 0.1) is 12.8 Å². The number of nitrogens with one attached hydrogen (secondary N) is 1. The van der Waals surface area contributed by atoms with E-state index in [0.29, 0.717) is 24.2 Å². The van der Waals surface area contributed by atoms with Crippen molar-refractivity contribution in [3.8, 4) is 0 Å². The van der Waals surface area contributed by atoms with Gasteiger partial charge in [0.2, 0.25) is 11.8 Å². The minimum Gasteiger partial charge on any atom is -0.424 e. The first kappa shape index (κ1) is 15.7. The summed E-state index contributed by atoms with van der Waals surface area (Å²) < 4.78 is 5.42. The molecule has 1 N–H and O–H groups in total. The highest BCUT2D eigenvalue weighted by Gasteiger charge is 2.16. The summed E-state index contributed by atoms with van der Waals surface area (Å²) in [5.41, 5.74) is 2.71. The molecule has 0 spiro atoms.